The van der Waals surface area contributed by atoms with Gasteiger partial charge in [0, 0.05) is 29.7 Å². The lowest BCUT2D eigenvalue weighted by molar-refractivity contribution is -0.0725. The lowest BCUT2D eigenvalue weighted by Gasteiger charge is -2.33. The maximum Gasteiger partial charge on any atom is 0.254 e. The number of aromatic nitrogens is 1. The van der Waals surface area contributed by atoms with Crippen molar-refractivity contribution in [2.75, 3.05) is 26.3 Å². The number of rotatable bonds is 4. The second kappa shape index (κ2) is 7.28. The van der Waals surface area contributed by atoms with E-state index in [-0.39, 0.29) is 18.1 Å². The van der Waals surface area contributed by atoms with E-state index in [1.54, 1.807) is 0 Å². The van der Waals surface area contributed by atoms with E-state index in [9.17, 15) is 4.79 Å². The standard InChI is InChI=1S/C19H24N2O3/c1-13(2)24-12-17-11-21(8-9-23-17)19(22)16-6-7-18-15(10-16)5-4-14(3)20-18/h4-7,10,13,17H,8-9,11-12H2,1-3H3. The highest BCUT2D eigenvalue weighted by Crippen LogP contribution is 2.17. The molecule has 128 valence electrons. The number of amides is 1. The Hall–Kier alpha value is -1.98. The van der Waals surface area contributed by atoms with Crippen molar-refractivity contribution in [3.63, 3.8) is 0 Å². The van der Waals surface area contributed by atoms with Gasteiger partial charge in [-0.05, 0) is 45.0 Å². The number of ether oxygens (including phenoxy) is 2. The minimum atomic E-state index is -0.0603. The molecule has 0 saturated carbocycles. The molecule has 3 rings (SSSR count). The molecule has 1 aliphatic heterocycles. The predicted octanol–water partition coefficient (Wildman–Crippen LogP) is 2.81. The third-order valence-electron chi connectivity index (χ3n) is 4.12. The predicted molar refractivity (Wildman–Crippen MR) is 93.2 cm³/mol. The van der Waals surface area contributed by atoms with E-state index in [0.717, 1.165) is 16.6 Å². The van der Waals surface area contributed by atoms with Crippen molar-refractivity contribution in [2.45, 2.75) is 33.0 Å². The molecule has 0 aliphatic carbocycles. The summed E-state index contributed by atoms with van der Waals surface area (Å²) in [6.07, 6.45) is 0.103. The zero-order chi connectivity index (χ0) is 17.1. The molecule has 2 aromatic rings. The van der Waals surface area contributed by atoms with E-state index < -0.39 is 0 Å². The van der Waals surface area contributed by atoms with Crippen LogP contribution in [0.25, 0.3) is 10.9 Å². The molecular weight excluding hydrogens is 304 g/mol. The van der Waals surface area contributed by atoms with Crippen LogP contribution in [0.2, 0.25) is 0 Å². The summed E-state index contributed by atoms with van der Waals surface area (Å²) in [5, 5.41) is 0.986. The molecule has 1 fully saturated rings. The summed E-state index contributed by atoms with van der Waals surface area (Å²) in [7, 11) is 0. The molecule has 0 radical (unpaired) electrons. The van der Waals surface area contributed by atoms with E-state index in [0.29, 0.717) is 31.9 Å². The smallest absolute Gasteiger partial charge is 0.254 e. The van der Waals surface area contributed by atoms with Gasteiger partial charge in [-0.15, -0.1) is 0 Å². The monoisotopic (exact) mass is 328 g/mol. The molecule has 1 aromatic heterocycles. The topological polar surface area (TPSA) is 51.7 Å². The maximum absolute atomic E-state index is 12.8. The van der Waals surface area contributed by atoms with Gasteiger partial charge in [-0.2, -0.15) is 0 Å². The number of aryl methyl sites for hydroxylation is 1. The fourth-order valence-corrected chi connectivity index (χ4v) is 2.85. The number of nitrogens with zero attached hydrogens (tertiary/aromatic N) is 2. The van der Waals surface area contributed by atoms with Crippen LogP contribution in [0.5, 0.6) is 0 Å². The van der Waals surface area contributed by atoms with E-state index in [2.05, 4.69) is 4.98 Å². The Labute approximate surface area is 142 Å². The fraction of sp³-hybridized carbons (Fsp3) is 0.474. The molecule has 1 atom stereocenters. The zero-order valence-corrected chi connectivity index (χ0v) is 14.5. The normalized spacial score (nSPS) is 18.3. The SMILES string of the molecule is Cc1ccc2cc(C(=O)N3CCOC(COC(C)C)C3)ccc2n1. The lowest BCUT2D eigenvalue weighted by Crippen LogP contribution is -2.47. The second-order valence-corrected chi connectivity index (χ2v) is 6.49. The molecule has 24 heavy (non-hydrogen) atoms. The minimum Gasteiger partial charge on any atom is -0.376 e. The van der Waals surface area contributed by atoms with Crippen LogP contribution >= 0.6 is 0 Å². The van der Waals surface area contributed by atoms with Gasteiger partial charge in [0.1, 0.15) is 0 Å². The van der Waals surface area contributed by atoms with Gasteiger partial charge in [-0.25, -0.2) is 0 Å². The third kappa shape index (κ3) is 3.91. The molecule has 0 spiro atoms. The summed E-state index contributed by atoms with van der Waals surface area (Å²) in [5.41, 5.74) is 2.58. The summed E-state index contributed by atoms with van der Waals surface area (Å²) in [6, 6.07) is 9.65. The third-order valence-corrected chi connectivity index (χ3v) is 4.12. The number of hydrogen-bond donors (Lipinski definition) is 0. The number of hydrogen-bond acceptors (Lipinski definition) is 4. The van der Waals surface area contributed by atoms with Crippen molar-refractivity contribution in [3.8, 4) is 0 Å². The molecule has 1 amide bonds. The maximum atomic E-state index is 12.8. The van der Waals surface area contributed by atoms with Crippen LogP contribution in [0.3, 0.4) is 0 Å². The molecule has 0 N–H and O–H groups in total. The fourth-order valence-electron chi connectivity index (χ4n) is 2.85. The average molecular weight is 328 g/mol. The van der Waals surface area contributed by atoms with Gasteiger partial charge in [-0.3, -0.25) is 9.78 Å². The Morgan fingerprint density at radius 3 is 3.00 bits per heavy atom. The first-order chi connectivity index (χ1) is 11.5. The first kappa shape index (κ1) is 16.9. The summed E-state index contributed by atoms with van der Waals surface area (Å²) in [5.74, 6) is 0.0373. The summed E-state index contributed by atoms with van der Waals surface area (Å²) < 4.78 is 11.3. The quantitative estimate of drug-likeness (QED) is 0.866. The molecule has 2 heterocycles. The Kier molecular flexibility index (Phi) is 5.11. The van der Waals surface area contributed by atoms with Crippen molar-refractivity contribution >= 4 is 16.8 Å². The van der Waals surface area contributed by atoms with E-state index >= 15 is 0 Å². The van der Waals surface area contributed by atoms with Gasteiger partial charge < -0.3 is 14.4 Å². The summed E-state index contributed by atoms with van der Waals surface area (Å²) >= 11 is 0. The van der Waals surface area contributed by atoms with Gasteiger partial charge in [-0.1, -0.05) is 6.07 Å². The van der Waals surface area contributed by atoms with Crippen LogP contribution in [-0.4, -0.2) is 54.3 Å². The first-order valence-electron chi connectivity index (χ1n) is 8.43. The van der Waals surface area contributed by atoms with Gasteiger partial charge in [0.25, 0.3) is 5.91 Å². The Bertz CT molecular complexity index is 730. The van der Waals surface area contributed by atoms with Crippen LogP contribution in [0.15, 0.2) is 30.3 Å². The van der Waals surface area contributed by atoms with Gasteiger partial charge in [0.2, 0.25) is 0 Å². The molecular formula is C19H24N2O3. The number of carbonyl (C=O) groups is 1. The Morgan fingerprint density at radius 2 is 2.21 bits per heavy atom. The highest BCUT2D eigenvalue weighted by Gasteiger charge is 2.25. The van der Waals surface area contributed by atoms with E-state index in [1.165, 1.54) is 0 Å². The number of fused-ring (bicyclic) bond motifs is 1. The van der Waals surface area contributed by atoms with Crippen molar-refractivity contribution in [1.29, 1.82) is 0 Å². The van der Waals surface area contributed by atoms with Crippen LogP contribution < -0.4 is 0 Å². The van der Waals surface area contributed by atoms with E-state index in [4.69, 9.17) is 9.47 Å². The van der Waals surface area contributed by atoms with Crippen LogP contribution in [-0.2, 0) is 9.47 Å². The number of morpholine rings is 1. The second-order valence-electron chi connectivity index (χ2n) is 6.49. The number of benzene rings is 1. The molecule has 1 aromatic carbocycles. The summed E-state index contributed by atoms with van der Waals surface area (Å²) in [4.78, 5) is 19.1. The number of pyridine rings is 1. The summed E-state index contributed by atoms with van der Waals surface area (Å²) in [6.45, 7) is 8.20. The highest BCUT2D eigenvalue weighted by molar-refractivity contribution is 5.98. The zero-order valence-electron chi connectivity index (χ0n) is 14.5. The van der Waals surface area contributed by atoms with E-state index in [1.807, 2.05) is 56.0 Å². The molecule has 5 heteroatoms. The molecule has 1 unspecified atom stereocenters. The largest absolute Gasteiger partial charge is 0.376 e. The molecule has 0 bridgehead atoms. The average Bonchev–Trinajstić information content (AvgIpc) is 2.59. The minimum absolute atomic E-state index is 0.0373. The van der Waals surface area contributed by atoms with Gasteiger partial charge in [0.15, 0.2) is 0 Å². The highest BCUT2D eigenvalue weighted by atomic mass is 16.5. The Balaban J connectivity index is 1.72. The lowest BCUT2D eigenvalue weighted by atomic mass is 10.1. The van der Waals surface area contributed by atoms with Crippen molar-refractivity contribution < 1.29 is 14.3 Å². The van der Waals surface area contributed by atoms with Crippen molar-refractivity contribution in [3.05, 3.63) is 41.6 Å². The van der Waals surface area contributed by atoms with Crippen molar-refractivity contribution in [1.82, 2.24) is 9.88 Å². The molecule has 5 nitrogen and oxygen atoms in total. The van der Waals surface area contributed by atoms with Crippen LogP contribution in [0.4, 0.5) is 0 Å². The molecule has 1 saturated heterocycles. The van der Waals surface area contributed by atoms with Crippen LogP contribution in [0, 0.1) is 6.92 Å². The first-order valence-corrected chi connectivity index (χ1v) is 8.43. The van der Waals surface area contributed by atoms with Gasteiger partial charge >= 0.3 is 0 Å². The Morgan fingerprint density at radius 1 is 1.38 bits per heavy atom. The molecule has 1 aliphatic rings. The van der Waals surface area contributed by atoms with Crippen molar-refractivity contribution in [2.24, 2.45) is 0 Å². The number of carbonyl (C=O) groups excluding carboxylic acids is 1. The van der Waals surface area contributed by atoms with Gasteiger partial charge in [0.05, 0.1) is 30.9 Å². The van der Waals surface area contributed by atoms with Crippen LogP contribution in [0.1, 0.15) is 29.9 Å².